The summed E-state index contributed by atoms with van der Waals surface area (Å²) in [5, 5.41) is 10.2. The number of aryl methyl sites for hydroxylation is 1. The van der Waals surface area contributed by atoms with Gasteiger partial charge in [0.05, 0.1) is 0 Å². The summed E-state index contributed by atoms with van der Waals surface area (Å²) >= 11 is 3.53. The Labute approximate surface area is 131 Å². The van der Waals surface area contributed by atoms with E-state index in [-0.39, 0.29) is 0 Å². The molecule has 0 aromatic heterocycles. The van der Waals surface area contributed by atoms with Crippen LogP contribution in [-0.4, -0.2) is 23.1 Å². The zero-order chi connectivity index (χ0) is 14.7. The number of hydrogen-bond donors (Lipinski definition) is 1. The highest BCUT2D eigenvalue weighted by Crippen LogP contribution is 2.30. The number of rotatable bonds is 3. The van der Waals surface area contributed by atoms with E-state index in [0.717, 1.165) is 47.1 Å². The van der Waals surface area contributed by atoms with Crippen molar-refractivity contribution in [3.05, 3.63) is 27.7 Å². The van der Waals surface area contributed by atoms with Crippen molar-refractivity contribution in [3.63, 3.8) is 0 Å². The van der Waals surface area contributed by atoms with E-state index in [9.17, 15) is 5.11 Å². The van der Waals surface area contributed by atoms with Gasteiger partial charge >= 0.3 is 0 Å². The molecule has 20 heavy (non-hydrogen) atoms. The van der Waals surface area contributed by atoms with Crippen LogP contribution < -0.4 is 0 Å². The maximum atomic E-state index is 10.2. The van der Waals surface area contributed by atoms with E-state index in [0.29, 0.717) is 5.75 Å². The van der Waals surface area contributed by atoms with Crippen molar-refractivity contribution in [2.75, 3.05) is 13.1 Å². The lowest BCUT2D eigenvalue weighted by Gasteiger charge is -2.22. The van der Waals surface area contributed by atoms with Gasteiger partial charge in [-0.05, 0) is 68.8 Å². The van der Waals surface area contributed by atoms with Gasteiger partial charge in [-0.15, -0.1) is 0 Å². The Kier molecular flexibility index (Phi) is 5.50. The zero-order valence-corrected chi connectivity index (χ0v) is 14.4. The molecule has 3 heteroatoms. The molecule has 1 aliphatic rings. The lowest BCUT2D eigenvalue weighted by molar-refractivity contribution is 0.261. The van der Waals surface area contributed by atoms with Crippen molar-refractivity contribution >= 4 is 15.9 Å². The number of benzene rings is 1. The third-order valence-electron chi connectivity index (χ3n) is 4.55. The Balaban J connectivity index is 2.03. The molecule has 1 aromatic rings. The van der Waals surface area contributed by atoms with Gasteiger partial charge in [-0.25, -0.2) is 0 Å². The molecule has 2 nitrogen and oxygen atoms in total. The number of nitrogens with zero attached hydrogens (tertiary/aromatic N) is 1. The standard InChI is InChI=1S/C17H26BrNO/c1-12(2)14-5-4-7-19(8-6-14)11-15-10-16(18)9-13(3)17(15)20/h9-10,12,14,20H,4-8,11H2,1-3H3. The summed E-state index contributed by atoms with van der Waals surface area (Å²) in [6, 6.07) is 4.02. The third-order valence-corrected chi connectivity index (χ3v) is 5.00. The Morgan fingerprint density at radius 2 is 2.05 bits per heavy atom. The lowest BCUT2D eigenvalue weighted by atomic mass is 9.89. The molecular weight excluding hydrogens is 314 g/mol. The maximum absolute atomic E-state index is 10.2. The molecule has 1 aromatic carbocycles. The SMILES string of the molecule is Cc1cc(Br)cc(CN2CCCC(C(C)C)CC2)c1O. The van der Waals surface area contributed by atoms with Gasteiger partial charge in [-0.1, -0.05) is 29.8 Å². The van der Waals surface area contributed by atoms with Crippen molar-refractivity contribution in [1.29, 1.82) is 0 Å². The molecule has 1 heterocycles. The number of aromatic hydroxyl groups is 1. The largest absolute Gasteiger partial charge is 0.507 e. The van der Waals surface area contributed by atoms with Crippen molar-refractivity contribution in [3.8, 4) is 5.75 Å². The summed E-state index contributed by atoms with van der Waals surface area (Å²) < 4.78 is 1.05. The summed E-state index contributed by atoms with van der Waals surface area (Å²) in [5.74, 6) is 2.10. The van der Waals surface area contributed by atoms with Crippen LogP contribution in [0, 0.1) is 18.8 Å². The van der Waals surface area contributed by atoms with Gasteiger partial charge in [0.15, 0.2) is 0 Å². The van der Waals surface area contributed by atoms with Crippen molar-refractivity contribution in [2.24, 2.45) is 11.8 Å². The second-order valence-electron chi connectivity index (χ2n) is 6.44. The van der Waals surface area contributed by atoms with Crippen molar-refractivity contribution < 1.29 is 5.11 Å². The Hall–Kier alpha value is -0.540. The van der Waals surface area contributed by atoms with E-state index in [1.807, 2.05) is 19.1 Å². The maximum Gasteiger partial charge on any atom is 0.123 e. The molecule has 2 rings (SSSR count). The first-order chi connectivity index (χ1) is 9.47. The molecular formula is C17H26BrNO. The molecule has 0 aliphatic carbocycles. The molecule has 0 spiro atoms. The smallest absolute Gasteiger partial charge is 0.123 e. The van der Waals surface area contributed by atoms with Crippen molar-refractivity contribution in [2.45, 2.75) is 46.6 Å². The second kappa shape index (κ2) is 6.95. The predicted octanol–water partition coefficient (Wildman–Crippen LogP) is 4.72. The van der Waals surface area contributed by atoms with Crippen LogP contribution in [0.1, 0.15) is 44.2 Å². The van der Waals surface area contributed by atoms with E-state index in [1.165, 1.54) is 19.3 Å². The summed E-state index contributed by atoms with van der Waals surface area (Å²) in [5.41, 5.74) is 1.99. The Bertz CT molecular complexity index is 459. The topological polar surface area (TPSA) is 23.5 Å². The molecule has 0 radical (unpaired) electrons. The van der Waals surface area contributed by atoms with Crippen LogP contribution in [0.5, 0.6) is 5.75 Å². The van der Waals surface area contributed by atoms with Crippen LogP contribution in [0.15, 0.2) is 16.6 Å². The minimum Gasteiger partial charge on any atom is -0.507 e. The lowest BCUT2D eigenvalue weighted by Crippen LogP contribution is -2.24. The fourth-order valence-electron chi connectivity index (χ4n) is 3.17. The molecule has 0 bridgehead atoms. The van der Waals surface area contributed by atoms with Gasteiger partial charge < -0.3 is 5.11 Å². The second-order valence-corrected chi connectivity index (χ2v) is 7.36. The Morgan fingerprint density at radius 1 is 1.30 bits per heavy atom. The Morgan fingerprint density at radius 3 is 2.75 bits per heavy atom. The quantitative estimate of drug-likeness (QED) is 0.860. The molecule has 1 N–H and O–H groups in total. The minimum atomic E-state index is 0.456. The highest BCUT2D eigenvalue weighted by molar-refractivity contribution is 9.10. The van der Waals surface area contributed by atoms with Gasteiger partial charge in [0.1, 0.15) is 5.75 Å². The van der Waals surface area contributed by atoms with Crippen LogP contribution in [0.2, 0.25) is 0 Å². The van der Waals surface area contributed by atoms with Gasteiger partial charge in [-0.3, -0.25) is 4.90 Å². The van der Waals surface area contributed by atoms with E-state index in [2.05, 4.69) is 34.7 Å². The fraction of sp³-hybridized carbons (Fsp3) is 0.647. The summed E-state index contributed by atoms with van der Waals surface area (Å²) in [6.07, 6.45) is 3.90. The molecule has 0 saturated carbocycles. The first-order valence-electron chi connectivity index (χ1n) is 7.67. The third kappa shape index (κ3) is 3.98. The average molecular weight is 340 g/mol. The summed E-state index contributed by atoms with van der Waals surface area (Å²) in [7, 11) is 0. The van der Waals surface area contributed by atoms with E-state index in [1.54, 1.807) is 0 Å². The van der Waals surface area contributed by atoms with Crippen LogP contribution in [0.4, 0.5) is 0 Å². The number of phenols is 1. The monoisotopic (exact) mass is 339 g/mol. The van der Waals surface area contributed by atoms with Crippen LogP contribution in [0.25, 0.3) is 0 Å². The normalized spacial score (nSPS) is 21.1. The highest BCUT2D eigenvalue weighted by atomic mass is 79.9. The molecule has 112 valence electrons. The predicted molar refractivity (Wildman–Crippen MR) is 88.0 cm³/mol. The van der Waals surface area contributed by atoms with Gasteiger partial charge in [0.2, 0.25) is 0 Å². The minimum absolute atomic E-state index is 0.456. The number of phenolic OH excluding ortho intramolecular Hbond substituents is 1. The fourth-order valence-corrected chi connectivity index (χ4v) is 3.79. The molecule has 1 fully saturated rings. The van der Waals surface area contributed by atoms with E-state index >= 15 is 0 Å². The highest BCUT2D eigenvalue weighted by Gasteiger charge is 2.20. The molecule has 1 saturated heterocycles. The first-order valence-corrected chi connectivity index (χ1v) is 8.47. The zero-order valence-electron chi connectivity index (χ0n) is 12.8. The summed E-state index contributed by atoms with van der Waals surface area (Å²) in [6.45, 7) is 9.79. The molecule has 1 atom stereocenters. The first kappa shape index (κ1) is 15.8. The number of hydrogen-bond acceptors (Lipinski definition) is 2. The van der Waals surface area contributed by atoms with Gasteiger partial charge in [0.25, 0.3) is 0 Å². The van der Waals surface area contributed by atoms with Crippen LogP contribution >= 0.6 is 15.9 Å². The average Bonchev–Trinajstić information content (AvgIpc) is 2.61. The van der Waals surface area contributed by atoms with Crippen LogP contribution in [-0.2, 0) is 6.54 Å². The molecule has 1 unspecified atom stereocenters. The van der Waals surface area contributed by atoms with Gasteiger partial charge in [-0.2, -0.15) is 0 Å². The molecule has 1 aliphatic heterocycles. The number of likely N-dealkylation sites (tertiary alicyclic amines) is 1. The number of halogens is 1. The summed E-state index contributed by atoms with van der Waals surface area (Å²) in [4.78, 5) is 2.49. The van der Waals surface area contributed by atoms with E-state index in [4.69, 9.17) is 0 Å². The molecule has 0 amide bonds. The van der Waals surface area contributed by atoms with Gasteiger partial charge in [0, 0.05) is 16.6 Å². The van der Waals surface area contributed by atoms with Crippen LogP contribution in [0.3, 0.4) is 0 Å². The van der Waals surface area contributed by atoms with Crippen molar-refractivity contribution in [1.82, 2.24) is 4.90 Å². The van der Waals surface area contributed by atoms with E-state index < -0.39 is 0 Å².